The summed E-state index contributed by atoms with van der Waals surface area (Å²) in [6.07, 6.45) is -0.718. The SMILES string of the molecule is Cc1cc(C(O)c2ccc3[nH]c(=O)[nH]c3c2)ccc1Br. The maximum absolute atomic E-state index is 11.2. The van der Waals surface area contributed by atoms with Crippen molar-refractivity contribution in [3.8, 4) is 0 Å². The summed E-state index contributed by atoms with van der Waals surface area (Å²) in [5.41, 5.74) is 3.82. The highest BCUT2D eigenvalue weighted by Gasteiger charge is 2.12. The lowest BCUT2D eigenvalue weighted by atomic mass is 10.00. The van der Waals surface area contributed by atoms with Crippen molar-refractivity contribution in [2.24, 2.45) is 0 Å². The van der Waals surface area contributed by atoms with Crippen LogP contribution in [0.4, 0.5) is 0 Å². The first kappa shape index (κ1) is 13.1. The minimum absolute atomic E-state index is 0.244. The number of hydrogen-bond acceptors (Lipinski definition) is 2. The third-order valence-corrected chi connectivity index (χ3v) is 4.24. The maximum Gasteiger partial charge on any atom is 0.323 e. The number of aromatic nitrogens is 2. The molecule has 0 saturated heterocycles. The van der Waals surface area contributed by atoms with Gasteiger partial charge in [0.15, 0.2) is 0 Å². The fourth-order valence-corrected chi connectivity index (χ4v) is 2.50. The van der Waals surface area contributed by atoms with E-state index >= 15 is 0 Å². The highest BCUT2D eigenvalue weighted by Crippen LogP contribution is 2.27. The monoisotopic (exact) mass is 332 g/mol. The molecule has 20 heavy (non-hydrogen) atoms. The van der Waals surface area contributed by atoms with Crippen molar-refractivity contribution in [3.63, 3.8) is 0 Å². The number of H-pyrrole nitrogens is 2. The van der Waals surface area contributed by atoms with Crippen LogP contribution in [-0.4, -0.2) is 15.1 Å². The van der Waals surface area contributed by atoms with Gasteiger partial charge in [0.05, 0.1) is 11.0 Å². The zero-order chi connectivity index (χ0) is 14.3. The Morgan fingerprint density at radius 3 is 2.45 bits per heavy atom. The number of halogens is 1. The molecule has 3 aromatic rings. The van der Waals surface area contributed by atoms with Gasteiger partial charge < -0.3 is 15.1 Å². The van der Waals surface area contributed by atoms with Gasteiger partial charge >= 0.3 is 5.69 Å². The molecule has 0 aliphatic rings. The van der Waals surface area contributed by atoms with Gasteiger partial charge in [0.1, 0.15) is 6.10 Å². The number of imidazole rings is 1. The van der Waals surface area contributed by atoms with Crippen molar-refractivity contribution < 1.29 is 5.11 Å². The van der Waals surface area contributed by atoms with Gasteiger partial charge in [-0.15, -0.1) is 0 Å². The molecule has 0 radical (unpaired) electrons. The molecule has 0 fully saturated rings. The van der Waals surface area contributed by atoms with Crippen molar-refractivity contribution in [3.05, 3.63) is 68.0 Å². The highest BCUT2D eigenvalue weighted by atomic mass is 79.9. The fraction of sp³-hybridized carbons (Fsp3) is 0.133. The molecule has 0 amide bonds. The first-order valence-electron chi connectivity index (χ1n) is 6.20. The summed E-state index contributed by atoms with van der Waals surface area (Å²) >= 11 is 3.44. The van der Waals surface area contributed by atoms with Gasteiger partial charge in [0.25, 0.3) is 0 Å². The minimum Gasteiger partial charge on any atom is -0.384 e. The molecule has 0 spiro atoms. The molecule has 3 N–H and O–H groups in total. The summed E-state index contributed by atoms with van der Waals surface area (Å²) in [5.74, 6) is 0. The Kier molecular flexibility index (Phi) is 3.23. The van der Waals surface area contributed by atoms with Crippen LogP contribution < -0.4 is 5.69 Å². The Balaban J connectivity index is 2.04. The largest absolute Gasteiger partial charge is 0.384 e. The maximum atomic E-state index is 11.2. The van der Waals surface area contributed by atoms with Gasteiger partial charge in [-0.3, -0.25) is 0 Å². The van der Waals surface area contributed by atoms with E-state index in [0.29, 0.717) is 5.52 Å². The summed E-state index contributed by atoms with van der Waals surface area (Å²) in [6.45, 7) is 1.98. The molecule has 0 saturated carbocycles. The molecule has 1 unspecified atom stereocenters. The molecule has 5 heteroatoms. The van der Waals surface area contributed by atoms with Crippen molar-refractivity contribution >= 4 is 27.0 Å². The smallest absolute Gasteiger partial charge is 0.323 e. The van der Waals surface area contributed by atoms with Gasteiger partial charge in [-0.05, 0) is 41.8 Å². The summed E-state index contributed by atoms with van der Waals surface area (Å²) < 4.78 is 1.01. The van der Waals surface area contributed by atoms with Crippen LogP contribution in [0.5, 0.6) is 0 Å². The molecule has 2 aromatic carbocycles. The predicted molar refractivity (Wildman–Crippen MR) is 81.9 cm³/mol. The van der Waals surface area contributed by atoms with Crippen LogP contribution in [0.3, 0.4) is 0 Å². The predicted octanol–water partition coefficient (Wildman–Crippen LogP) is 3.01. The lowest BCUT2D eigenvalue weighted by molar-refractivity contribution is 0.220. The van der Waals surface area contributed by atoms with E-state index in [4.69, 9.17) is 0 Å². The van der Waals surface area contributed by atoms with Crippen LogP contribution in [0.2, 0.25) is 0 Å². The molecule has 1 heterocycles. The Hall–Kier alpha value is -1.85. The molecule has 3 rings (SSSR count). The highest BCUT2D eigenvalue weighted by molar-refractivity contribution is 9.10. The third-order valence-electron chi connectivity index (χ3n) is 3.35. The van der Waals surface area contributed by atoms with Gasteiger partial charge in [-0.1, -0.05) is 34.1 Å². The Morgan fingerprint density at radius 1 is 1.05 bits per heavy atom. The van der Waals surface area contributed by atoms with Gasteiger partial charge in [-0.2, -0.15) is 0 Å². The number of benzene rings is 2. The van der Waals surface area contributed by atoms with Crippen molar-refractivity contribution in [1.82, 2.24) is 9.97 Å². The van der Waals surface area contributed by atoms with Crippen LogP contribution in [0.1, 0.15) is 22.8 Å². The summed E-state index contributed by atoms with van der Waals surface area (Å²) in [4.78, 5) is 16.6. The summed E-state index contributed by atoms with van der Waals surface area (Å²) in [6, 6.07) is 11.1. The second kappa shape index (κ2) is 4.92. The zero-order valence-corrected chi connectivity index (χ0v) is 12.4. The molecule has 0 aliphatic heterocycles. The number of aromatic amines is 2. The molecule has 1 aromatic heterocycles. The van der Waals surface area contributed by atoms with E-state index in [9.17, 15) is 9.90 Å². The van der Waals surface area contributed by atoms with Crippen LogP contribution in [0, 0.1) is 6.92 Å². The molecule has 1 atom stereocenters. The number of aliphatic hydroxyl groups is 1. The number of aryl methyl sites for hydroxylation is 1. The Bertz CT molecular complexity index is 835. The summed E-state index contributed by atoms with van der Waals surface area (Å²) in [7, 11) is 0. The number of hydrogen-bond donors (Lipinski definition) is 3. The van der Waals surface area contributed by atoms with Crippen molar-refractivity contribution in [2.75, 3.05) is 0 Å². The first-order valence-corrected chi connectivity index (χ1v) is 7.00. The van der Waals surface area contributed by atoms with Crippen molar-refractivity contribution in [1.29, 1.82) is 0 Å². The van der Waals surface area contributed by atoms with Crippen LogP contribution in [0.25, 0.3) is 11.0 Å². The average Bonchev–Trinajstić information content (AvgIpc) is 2.80. The number of aliphatic hydroxyl groups excluding tert-OH is 1. The van der Waals surface area contributed by atoms with Crippen LogP contribution in [0.15, 0.2) is 45.7 Å². The number of fused-ring (bicyclic) bond motifs is 1. The zero-order valence-electron chi connectivity index (χ0n) is 10.8. The number of rotatable bonds is 2. The molecule has 4 nitrogen and oxygen atoms in total. The first-order chi connectivity index (χ1) is 9.54. The lowest BCUT2D eigenvalue weighted by Crippen LogP contribution is -2.00. The standard InChI is InChI=1S/C15H13BrN2O2/c1-8-6-9(2-4-11(8)16)14(19)10-3-5-12-13(7-10)18-15(20)17-12/h2-7,14,19H,1H3,(H2,17,18,20). The fourth-order valence-electron chi connectivity index (χ4n) is 2.25. The van der Waals surface area contributed by atoms with Crippen LogP contribution >= 0.6 is 15.9 Å². The van der Waals surface area contributed by atoms with E-state index in [0.717, 1.165) is 26.7 Å². The minimum atomic E-state index is -0.718. The third kappa shape index (κ3) is 2.30. The van der Waals surface area contributed by atoms with Gasteiger partial charge in [-0.25, -0.2) is 4.79 Å². The van der Waals surface area contributed by atoms with Gasteiger partial charge in [0, 0.05) is 4.47 Å². The second-order valence-electron chi connectivity index (χ2n) is 4.80. The van der Waals surface area contributed by atoms with E-state index in [-0.39, 0.29) is 5.69 Å². The lowest BCUT2D eigenvalue weighted by Gasteiger charge is -2.13. The molecular weight excluding hydrogens is 320 g/mol. The molecular formula is C15H13BrN2O2. The average molecular weight is 333 g/mol. The molecule has 0 aliphatic carbocycles. The molecule has 0 bridgehead atoms. The molecule has 102 valence electrons. The van der Waals surface area contributed by atoms with E-state index in [2.05, 4.69) is 25.9 Å². The second-order valence-corrected chi connectivity index (χ2v) is 5.65. The van der Waals surface area contributed by atoms with E-state index in [1.807, 2.05) is 31.2 Å². The topological polar surface area (TPSA) is 68.9 Å². The van der Waals surface area contributed by atoms with Gasteiger partial charge in [0.2, 0.25) is 0 Å². The Labute approximate surface area is 123 Å². The van der Waals surface area contributed by atoms with E-state index in [1.165, 1.54) is 0 Å². The Morgan fingerprint density at radius 2 is 1.70 bits per heavy atom. The quantitative estimate of drug-likeness (QED) is 0.675. The van der Waals surface area contributed by atoms with E-state index in [1.54, 1.807) is 12.1 Å². The number of nitrogens with one attached hydrogen (secondary N) is 2. The summed E-state index contributed by atoms with van der Waals surface area (Å²) in [5, 5.41) is 10.5. The van der Waals surface area contributed by atoms with Crippen LogP contribution in [-0.2, 0) is 0 Å². The van der Waals surface area contributed by atoms with E-state index < -0.39 is 6.10 Å². The normalized spacial score (nSPS) is 12.8. The van der Waals surface area contributed by atoms with Crippen molar-refractivity contribution in [2.45, 2.75) is 13.0 Å².